The molecule has 0 bridgehead atoms. The minimum atomic E-state index is 0.118. The van der Waals surface area contributed by atoms with Crippen LogP contribution in [0.4, 0.5) is 5.82 Å². The third-order valence-electron chi connectivity index (χ3n) is 4.23. The van der Waals surface area contributed by atoms with E-state index in [1.165, 1.54) is 11.8 Å². The lowest BCUT2D eigenvalue weighted by atomic mass is 10.1. The Bertz CT molecular complexity index is 984. The number of halogens is 4. The van der Waals surface area contributed by atoms with Crippen LogP contribution < -0.4 is 5.32 Å². The second-order valence-corrected chi connectivity index (χ2v) is 8.75. The van der Waals surface area contributed by atoms with E-state index >= 15 is 0 Å². The zero-order chi connectivity index (χ0) is 20.4. The van der Waals surface area contributed by atoms with E-state index in [1.807, 2.05) is 6.26 Å². The molecule has 2 heterocycles. The Kier molecular flexibility index (Phi) is 7.21. The van der Waals surface area contributed by atoms with Crippen LogP contribution in [-0.4, -0.2) is 32.0 Å². The van der Waals surface area contributed by atoms with E-state index in [9.17, 15) is 0 Å². The minimum Gasteiger partial charge on any atom is -0.367 e. The van der Waals surface area contributed by atoms with Crippen molar-refractivity contribution < 1.29 is 0 Å². The summed E-state index contributed by atoms with van der Waals surface area (Å²) in [5, 5.41) is 10.9. The molecule has 0 saturated carbocycles. The van der Waals surface area contributed by atoms with Crippen molar-refractivity contribution in [3.05, 3.63) is 32.5 Å². The Morgan fingerprint density at radius 2 is 1.82 bits per heavy atom. The molecule has 0 amide bonds. The van der Waals surface area contributed by atoms with E-state index in [0.717, 1.165) is 29.7 Å². The van der Waals surface area contributed by atoms with Gasteiger partial charge in [-0.05, 0) is 43.3 Å². The van der Waals surface area contributed by atoms with Gasteiger partial charge in [-0.2, -0.15) is 15.1 Å². The SMILES string of the molecule is CCCCC(C)Nc1nc(Cl)nc2c1c(SC)nn2-c1c(Cl)cc(Cl)cc1Cl. The van der Waals surface area contributed by atoms with E-state index in [2.05, 4.69) is 34.2 Å². The summed E-state index contributed by atoms with van der Waals surface area (Å²) in [5.41, 5.74) is 1.03. The molecule has 1 unspecified atom stereocenters. The fraction of sp³-hybridized carbons (Fsp3) is 0.389. The average Bonchev–Trinajstić information content (AvgIpc) is 2.97. The van der Waals surface area contributed by atoms with E-state index in [-0.39, 0.29) is 11.3 Å². The molecule has 0 aliphatic heterocycles. The predicted molar refractivity (Wildman–Crippen MR) is 121 cm³/mol. The largest absolute Gasteiger partial charge is 0.367 e. The first kappa shape index (κ1) is 21.8. The maximum Gasteiger partial charge on any atom is 0.226 e. The molecule has 5 nitrogen and oxygen atoms in total. The normalized spacial score (nSPS) is 12.5. The molecule has 0 spiro atoms. The number of anilines is 1. The van der Waals surface area contributed by atoms with Gasteiger partial charge in [0.2, 0.25) is 5.28 Å². The molecule has 0 saturated heterocycles. The van der Waals surface area contributed by atoms with Crippen LogP contribution in [0.3, 0.4) is 0 Å². The molecule has 1 N–H and O–H groups in total. The lowest BCUT2D eigenvalue weighted by Gasteiger charge is -2.15. The number of rotatable bonds is 7. The fourth-order valence-corrected chi connectivity index (χ4v) is 4.61. The number of unbranched alkanes of at least 4 members (excludes halogenated alkanes) is 1. The number of nitrogens with one attached hydrogen (secondary N) is 1. The van der Waals surface area contributed by atoms with Gasteiger partial charge < -0.3 is 5.32 Å². The van der Waals surface area contributed by atoms with Gasteiger partial charge in [-0.1, -0.05) is 54.6 Å². The maximum atomic E-state index is 6.41. The second kappa shape index (κ2) is 9.26. The zero-order valence-electron chi connectivity index (χ0n) is 15.6. The van der Waals surface area contributed by atoms with Gasteiger partial charge in [0.05, 0.1) is 15.4 Å². The number of hydrogen-bond donors (Lipinski definition) is 1. The van der Waals surface area contributed by atoms with Gasteiger partial charge in [-0.25, -0.2) is 4.68 Å². The van der Waals surface area contributed by atoms with Crippen molar-refractivity contribution in [3.63, 3.8) is 0 Å². The van der Waals surface area contributed by atoms with Gasteiger partial charge in [0.25, 0.3) is 0 Å². The first-order chi connectivity index (χ1) is 13.3. The molecule has 3 aromatic rings. The first-order valence-corrected chi connectivity index (χ1v) is 11.5. The third kappa shape index (κ3) is 4.46. The number of benzene rings is 1. The van der Waals surface area contributed by atoms with Gasteiger partial charge in [-0.3, -0.25) is 0 Å². The summed E-state index contributed by atoms with van der Waals surface area (Å²) < 4.78 is 1.59. The Morgan fingerprint density at radius 3 is 2.43 bits per heavy atom. The van der Waals surface area contributed by atoms with E-state index in [1.54, 1.807) is 16.8 Å². The van der Waals surface area contributed by atoms with Crippen LogP contribution in [0.1, 0.15) is 33.1 Å². The van der Waals surface area contributed by atoms with Gasteiger partial charge in [0.1, 0.15) is 16.5 Å². The summed E-state index contributed by atoms with van der Waals surface area (Å²) in [4.78, 5) is 8.82. The van der Waals surface area contributed by atoms with Crippen molar-refractivity contribution in [2.45, 2.75) is 44.2 Å². The van der Waals surface area contributed by atoms with Crippen molar-refractivity contribution in [2.24, 2.45) is 0 Å². The molecule has 150 valence electrons. The number of thioether (sulfide) groups is 1. The summed E-state index contributed by atoms with van der Waals surface area (Å²) in [5.74, 6) is 0.649. The Hall–Kier alpha value is -0.920. The Labute approximate surface area is 188 Å². The van der Waals surface area contributed by atoms with Crippen molar-refractivity contribution in [1.82, 2.24) is 19.7 Å². The van der Waals surface area contributed by atoms with E-state index in [4.69, 9.17) is 46.4 Å². The van der Waals surface area contributed by atoms with Crippen LogP contribution in [0.25, 0.3) is 16.7 Å². The summed E-state index contributed by atoms with van der Waals surface area (Å²) in [7, 11) is 0. The number of fused-ring (bicyclic) bond motifs is 1. The van der Waals surface area contributed by atoms with Crippen LogP contribution >= 0.6 is 58.2 Å². The lowest BCUT2D eigenvalue weighted by molar-refractivity contribution is 0.643. The van der Waals surface area contributed by atoms with E-state index < -0.39 is 0 Å². The molecular weight excluding hydrogens is 460 g/mol. The van der Waals surface area contributed by atoms with Crippen LogP contribution in [0, 0.1) is 0 Å². The third-order valence-corrected chi connectivity index (χ3v) is 5.86. The number of aromatic nitrogens is 4. The van der Waals surface area contributed by atoms with Crippen LogP contribution in [-0.2, 0) is 0 Å². The summed E-state index contributed by atoms with van der Waals surface area (Å²) in [6.45, 7) is 4.29. The zero-order valence-corrected chi connectivity index (χ0v) is 19.4. The molecule has 3 rings (SSSR count). The first-order valence-electron chi connectivity index (χ1n) is 8.77. The highest BCUT2D eigenvalue weighted by atomic mass is 35.5. The molecule has 2 aromatic heterocycles. The summed E-state index contributed by atoms with van der Waals surface area (Å²) in [6, 6.07) is 3.46. The molecule has 0 aliphatic carbocycles. The highest BCUT2D eigenvalue weighted by Gasteiger charge is 2.22. The van der Waals surface area contributed by atoms with Crippen molar-refractivity contribution in [3.8, 4) is 5.69 Å². The summed E-state index contributed by atoms with van der Waals surface area (Å²) >= 11 is 26.6. The molecule has 1 aromatic carbocycles. The summed E-state index contributed by atoms with van der Waals surface area (Å²) in [6.07, 6.45) is 5.22. The monoisotopic (exact) mass is 477 g/mol. The van der Waals surface area contributed by atoms with Gasteiger partial charge >= 0.3 is 0 Å². The molecular formula is C18H19Cl4N5S. The van der Waals surface area contributed by atoms with Crippen LogP contribution in [0.2, 0.25) is 20.4 Å². The molecule has 28 heavy (non-hydrogen) atoms. The molecule has 0 radical (unpaired) electrons. The number of hydrogen-bond acceptors (Lipinski definition) is 5. The quantitative estimate of drug-likeness (QED) is 0.288. The molecule has 0 aliphatic rings. The van der Waals surface area contributed by atoms with Crippen molar-refractivity contribution >= 4 is 75.0 Å². The predicted octanol–water partition coefficient (Wildman–Crippen LogP) is 7.14. The molecule has 10 heteroatoms. The van der Waals surface area contributed by atoms with Crippen molar-refractivity contribution in [2.75, 3.05) is 11.6 Å². The second-order valence-electron chi connectivity index (χ2n) is 6.37. The fourth-order valence-electron chi connectivity index (χ4n) is 2.92. The number of nitrogens with zero attached hydrogens (tertiary/aromatic N) is 4. The minimum absolute atomic E-state index is 0.118. The average molecular weight is 479 g/mol. The lowest BCUT2D eigenvalue weighted by Crippen LogP contribution is -2.16. The smallest absolute Gasteiger partial charge is 0.226 e. The van der Waals surface area contributed by atoms with Crippen LogP contribution in [0.5, 0.6) is 0 Å². The standard InChI is InChI=1S/C18H19Cl4N5S/c1-4-5-6-9(2)23-15-13-16(25-18(22)24-15)27(26-17(13)28-3)14-11(20)7-10(19)8-12(14)21/h7-9H,4-6H2,1-3H3,(H,23,24,25). The van der Waals surface area contributed by atoms with Crippen molar-refractivity contribution in [1.29, 1.82) is 0 Å². The Balaban J connectivity index is 2.20. The van der Waals surface area contributed by atoms with Gasteiger partial charge in [-0.15, -0.1) is 11.8 Å². The van der Waals surface area contributed by atoms with Gasteiger partial charge in [0.15, 0.2) is 5.65 Å². The van der Waals surface area contributed by atoms with Crippen LogP contribution in [0.15, 0.2) is 17.2 Å². The molecule has 0 fully saturated rings. The topological polar surface area (TPSA) is 55.6 Å². The highest BCUT2D eigenvalue weighted by Crippen LogP contribution is 2.38. The Morgan fingerprint density at radius 1 is 1.14 bits per heavy atom. The molecule has 1 atom stereocenters. The maximum absolute atomic E-state index is 6.41. The van der Waals surface area contributed by atoms with Gasteiger partial charge in [0, 0.05) is 11.1 Å². The van der Waals surface area contributed by atoms with E-state index in [0.29, 0.717) is 32.2 Å². The highest BCUT2D eigenvalue weighted by molar-refractivity contribution is 7.98.